The number of rotatable bonds is 0. The molecule has 0 rings (SSSR count). The number of hydrogen-bond donors (Lipinski definition) is 0. The van der Waals surface area contributed by atoms with E-state index in [1.54, 1.807) is 0 Å². The zero-order valence-electron chi connectivity index (χ0n) is 7.58. The zero-order valence-corrected chi connectivity index (χ0v) is 10.0. The first-order valence-electron chi connectivity index (χ1n) is 3.58. The Morgan fingerprint density at radius 3 is 0.889 bits per heavy atom. The van der Waals surface area contributed by atoms with Crippen LogP contribution in [0.4, 0.5) is 0 Å². The van der Waals surface area contributed by atoms with Gasteiger partial charge in [-0.1, -0.05) is 0 Å². The molecule has 0 aromatic rings. The van der Waals surface area contributed by atoms with Gasteiger partial charge in [0.2, 0.25) is 0 Å². The van der Waals surface area contributed by atoms with Crippen molar-refractivity contribution >= 4 is 17.4 Å². The molecule has 0 saturated carbocycles. The van der Waals surface area contributed by atoms with Crippen molar-refractivity contribution in [2.75, 3.05) is 0 Å². The summed E-state index contributed by atoms with van der Waals surface area (Å²) in [6.07, 6.45) is 0. The van der Waals surface area contributed by atoms with Gasteiger partial charge in [0.25, 0.3) is 0 Å². The zero-order chi connectivity index (χ0) is 7.71. The van der Waals surface area contributed by atoms with E-state index in [4.69, 9.17) is 0 Å². The second-order valence-corrected chi connectivity index (χ2v) is 12.8. The molecule has 9 heavy (non-hydrogen) atoms. The van der Waals surface area contributed by atoms with E-state index in [9.17, 15) is 0 Å². The molecular weight excluding hydrogens is 166 g/mol. The van der Waals surface area contributed by atoms with Gasteiger partial charge in [0, 0.05) is 0 Å². The van der Waals surface area contributed by atoms with E-state index in [0.29, 0.717) is 7.94 Å². The van der Waals surface area contributed by atoms with Crippen LogP contribution < -0.4 is 0 Å². The molecule has 0 amide bonds. The molecule has 53 valence electrons. The van der Waals surface area contributed by atoms with Crippen molar-refractivity contribution in [2.24, 2.45) is 0 Å². The van der Waals surface area contributed by atoms with E-state index in [1.165, 1.54) is 0 Å². The molecule has 0 heterocycles. The summed E-state index contributed by atoms with van der Waals surface area (Å²) in [5, 5.41) is 0. The van der Waals surface area contributed by atoms with E-state index in [0.717, 1.165) is 0 Å². The van der Waals surface area contributed by atoms with Crippen LogP contribution in [0.25, 0.3) is 0 Å². The SMILES string of the molecule is C[C](C)(C)[Ga][C](C)(C)C. The molecule has 0 N–H and O–H groups in total. The van der Waals surface area contributed by atoms with Crippen LogP contribution in [0.3, 0.4) is 0 Å². The van der Waals surface area contributed by atoms with E-state index in [-0.39, 0.29) is 17.4 Å². The number of hydrogen-bond acceptors (Lipinski definition) is 0. The Morgan fingerprint density at radius 2 is 0.889 bits per heavy atom. The van der Waals surface area contributed by atoms with Crippen molar-refractivity contribution in [2.45, 2.75) is 49.5 Å². The van der Waals surface area contributed by atoms with Gasteiger partial charge in [-0.05, 0) is 0 Å². The second-order valence-electron chi connectivity index (χ2n) is 4.88. The molecule has 1 heteroatoms. The quantitative estimate of drug-likeness (QED) is 0.507. The Labute approximate surface area is 67.2 Å². The summed E-state index contributed by atoms with van der Waals surface area (Å²) in [5.41, 5.74) is 0. The van der Waals surface area contributed by atoms with Crippen molar-refractivity contribution in [1.82, 2.24) is 0 Å². The average Bonchev–Trinajstić information content (AvgIpc) is 1.14. The fraction of sp³-hybridized carbons (Fsp3) is 1.00. The van der Waals surface area contributed by atoms with E-state index >= 15 is 0 Å². The normalized spacial score (nSPS) is 13.6. The van der Waals surface area contributed by atoms with Crippen LogP contribution >= 0.6 is 0 Å². The summed E-state index contributed by atoms with van der Waals surface area (Å²) in [4.78, 5) is 0. The van der Waals surface area contributed by atoms with Crippen LogP contribution in [0.5, 0.6) is 0 Å². The summed E-state index contributed by atoms with van der Waals surface area (Å²) in [6, 6.07) is 0. The second kappa shape index (κ2) is 2.71. The van der Waals surface area contributed by atoms with Crippen molar-refractivity contribution in [1.29, 1.82) is 0 Å². The van der Waals surface area contributed by atoms with Crippen molar-refractivity contribution in [3.05, 3.63) is 0 Å². The first-order chi connectivity index (χ1) is 3.71. The summed E-state index contributed by atoms with van der Waals surface area (Å²) in [6.45, 7) is 14.2. The van der Waals surface area contributed by atoms with E-state index in [1.807, 2.05) is 0 Å². The van der Waals surface area contributed by atoms with Crippen LogP contribution in [0.2, 0.25) is 7.94 Å². The van der Waals surface area contributed by atoms with Crippen LogP contribution in [0, 0.1) is 0 Å². The molecule has 0 aliphatic heterocycles. The molecule has 0 aliphatic carbocycles. The molecule has 1 radical (unpaired) electrons. The first-order valence-corrected chi connectivity index (χ1v) is 6.00. The summed E-state index contributed by atoms with van der Waals surface area (Å²) in [7, 11) is 0. The summed E-state index contributed by atoms with van der Waals surface area (Å²) >= 11 is -0.0625. The van der Waals surface area contributed by atoms with Gasteiger partial charge < -0.3 is 0 Å². The van der Waals surface area contributed by atoms with Crippen molar-refractivity contribution < 1.29 is 0 Å². The third-order valence-corrected chi connectivity index (χ3v) is 4.50. The summed E-state index contributed by atoms with van der Waals surface area (Å²) < 4.78 is 1.28. The van der Waals surface area contributed by atoms with Gasteiger partial charge in [-0.25, -0.2) is 0 Å². The fourth-order valence-electron chi connectivity index (χ4n) is 1.30. The van der Waals surface area contributed by atoms with Gasteiger partial charge in [-0.2, -0.15) is 0 Å². The molecule has 0 bridgehead atoms. The molecule has 0 saturated heterocycles. The monoisotopic (exact) mass is 183 g/mol. The maximum absolute atomic E-state index is 2.36. The Balaban J connectivity index is 3.75. The molecule has 0 atom stereocenters. The van der Waals surface area contributed by atoms with Crippen LogP contribution in [0.15, 0.2) is 0 Å². The Bertz CT molecular complexity index is 69.7. The van der Waals surface area contributed by atoms with Gasteiger partial charge in [0.05, 0.1) is 0 Å². The van der Waals surface area contributed by atoms with Gasteiger partial charge in [0.1, 0.15) is 0 Å². The first kappa shape index (κ1) is 9.64. The molecule has 0 spiro atoms. The summed E-state index contributed by atoms with van der Waals surface area (Å²) in [5.74, 6) is 0. The topological polar surface area (TPSA) is 0 Å². The average molecular weight is 184 g/mol. The van der Waals surface area contributed by atoms with Crippen molar-refractivity contribution in [3.63, 3.8) is 0 Å². The predicted molar refractivity (Wildman–Crippen MR) is 45.2 cm³/mol. The fourth-order valence-corrected chi connectivity index (χ4v) is 6.75. The minimum atomic E-state index is -0.0625. The standard InChI is InChI=1S/2C4H9.Ga/c2*1-4(2)3;/h2*1-3H3;. The van der Waals surface area contributed by atoms with E-state index < -0.39 is 0 Å². The van der Waals surface area contributed by atoms with Gasteiger partial charge in [-0.15, -0.1) is 0 Å². The van der Waals surface area contributed by atoms with Gasteiger partial charge in [-0.3, -0.25) is 0 Å². The Hall–Kier alpha value is 0.636. The Morgan fingerprint density at radius 1 is 0.667 bits per heavy atom. The molecular formula is C8H18Ga. The predicted octanol–water partition coefficient (Wildman–Crippen LogP) is 3.13. The third-order valence-electron chi connectivity index (χ3n) is 0.866. The van der Waals surface area contributed by atoms with Crippen LogP contribution in [-0.2, 0) is 0 Å². The maximum atomic E-state index is 2.36. The van der Waals surface area contributed by atoms with Crippen LogP contribution in [-0.4, -0.2) is 17.4 Å². The third kappa shape index (κ3) is 8.64. The molecule has 0 aliphatic rings. The molecule has 0 aromatic carbocycles. The molecule has 0 fully saturated rings. The Kier molecular flexibility index (Phi) is 2.90. The minimum absolute atomic E-state index is 0.0625. The van der Waals surface area contributed by atoms with Gasteiger partial charge in [0.15, 0.2) is 0 Å². The molecule has 0 unspecified atom stereocenters. The van der Waals surface area contributed by atoms with Crippen molar-refractivity contribution in [3.8, 4) is 0 Å². The van der Waals surface area contributed by atoms with Gasteiger partial charge >= 0.3 is 66.9 Å². The van der Waals surface area contributed by atoms with Crippen LogP contribution in [0.1, 0.15) is 41.5 Å². The molecule has 0 aromatic heterocycles. The molecule has 0 nitrogen and oxygen atoms in total. The van der Waals surface area contributed by atoms with E-state index in [2.05, 4.69) is 41.5 Å².